The van der Waals surface area contributed by atoms with Gasteiger partial charge in [-0.1, -0.05) is 6.07 Å². The van der Waals surface area contributed by atoms with Crippen LogP contribution in [0.25, 0.3) is 0 Å². The van der Waals surface area contributed by atoms with Gasteiger partial charge in [0.25, 0.3) is 0 Å². The van der Waals surface area contributed by atoms with Crippen LogP contribution < -0.4 is 5.32 Å². The fourth-order valence-electron chi connectivity index (χ4n) is 2.52. The molecule has 8 heteroatoms. The maximum atomic E-state index is 14.3. The first kappa shape index (κ1) is 25.1. The Kier molecular flexibility index (Phi) is 9.49. The van der Waals surface area contributed by atoms with Crippen LogP contribution in [0.3, 0.4) is 0 Å². The van der Waals surface area contributed by atoms with Gasteiger partial charge in [-0.15, -0.1) is 0 Å². The maximum absolute atomic E-state index is 14.3. The first-order valence-corrected chi connectivity index (χ1v) is 9.80. The molecule has 0 aliphatic rings. The van der Waals surface area contributed by atoms with Crippen molar-refractivity contribution in [2.24, 2.45) is 0 Å². The molecule has 0 spiro atoms. The molecule has 1 N–H and O–H groups in total. The summed E-state index contributed by atoms with van der Waals surface area (Å²) < 4.78 is 24.4. The third-order valence-electron chi connectivity index (χ3n) is 3.71. The Balaban J connectivity index is 2.86. The second-order valence-corrected chi connectivity index (χ2v) is 7.90. The molecule has 30 heavy (non-hydrogen) atoms. The van der Waals surface area contributed by atoms with Gasteiger partial charge in [0.1, 0.15) is 17.0 Å². The number of benzene rings is 1. The van der Waals surface area contributed by atoms with E-state index in [4.69, 9.17) is 9.47 Å². The zero-order chi connectivity index (χ0) is 22.9. The Labute approximate surface area is 177 Å². The summed E-state index contributed by atoms with van der Waals surface area (Å²) >= 11 is 0. The molecular formula is C22H31FN2O5. The number of hydrogen-bond donors (Lipinski definition) is 1. The molecule has 0 radical (unpaired) electrons. The van der Waals surface area contributed by atoms with Crippen LogP contribution >= 0.6 is 0 Å². The fraction of sp³-hybridized carbons (Fsp3) is 0.500. The lowest BCUT2D eigenvalue weighted by Gasteiger charge is -2.19. The van der Waals surface area contributed by atoms with Gasteiger partial charge in [0.15, 0.2) is 0 Å². The molecule has 0 bridgehead atoms. The maximum Gasteiger partial charge on any atom is 0.407 e. The van der Waals surface area contributed by atoms with E-state index < -0.39 is 29.3 Å². The number of ether oxygens (including phenoxy) is 2. The molecule has 0 heterocycles. The number of aryl methyl sites for hydroxylation is 1. The largest absolute Gasteiger partial charge is 0.462 e. The Morgan fingerprint density at radius 3 is 2.43 bits per heavy atom. The second kappa shape index (κ2) is 11.3. The van der Waals surface area contributed by atoms with Crippen molar-refractivity contribution >= 4 is 17.8 Å². The van der Waals surface area contributed by atoms with Crippen LogP contribution in [0.2, 0.25) is 0 Å². The van der Waals surface area contributed by atoms with Gasteiger partial charge in [-0.2, -0.15) is 0 Å². The summed E-state index contributed by atoms with van der Waals surface area (Å²) in [5.74, 6) is -2.26. The molecule has 0 unspecified atom stereocenters. The number of alkyl carbamates (subject to hydrolysis) is 1. The van der Waals surface area contributed by atoms with E-state index in [1.807, 2.05) is 0 Å². The fourth-order valence-corrected chi connectivity index (χ4v) is 2.52. The minimum Gasteiger partial charge on any atom is -0.462 e. The quantitative estimate of drug-likeness (QED) is 0.164. The van der Waals surface area contributed by atoms with E-state index in [-0.39, 0.29) is 17.7 Å². The summed E-state index contributed by atoms with van der Waals surface area (Å²) in [5, 5.41) is 2.65. The van der Waals surface area contributed by atoms with E-state index >= 15 is 0 Å². The molecule has 0 fully saturated rings. The summed E-state index contributed by atoms with van der Waals surface area (Å²) in [6.07, 6.45) is 1.88. The third kappa shape index (κ3) is 8.63. The monoisotopic (exact) mass is 422 g/mol. The van der Waals surface area contributed by atoms with Crippen molar-refractivity contribution in [3.8, 4) is 0 Å². The number of halogens is 1. The zero-order valence-corrected chi connectivity index (χ0v) is 18.5. The highest BCUT2D eigenvalue weighted by molar-refractivity contribution is 6.24. The molecular weight excluding hydrogens is 391 g/mol. The summed E-state index contributed by atoms with van der Waals surface area (Å²) in [6, 6.07) is 4.19. The first-order valence-electron chi connectivity index (χ1n) is 9.80. The Hall–Kier alpha value is -2.90. The van der Waals surface area contributed by atoms with Crippen LogP contribution in [0.1, 0.15) is 50.0 Å². The number of carbonyl (C=O) groups excluding carboxylic acids is 3. The first-order chi connectivity index (χ1) is 13.9. The molecule has 1 aromatic carbocycles. The highest BCUT2D eigenvalue weighted by atomic mass is 19.1. The van der Waals surface area contributed by atoms with E-state index in [1.54, 1.807) is 47.9 Å². The van der Waals surface area contributed by atoms with Gasteiger partial charge in [-0.25, -0.2) is 14.0 Å². The molecule has 0 atom stereocenters. The van der Waals surface area contributed by atoms with Crippen LogP contribution in [-0.4, -0.2) is 55.6 Å². The lowest BCUT2D eigenvalue weighted by Crippen LogP contribution is -2.33. The van der Waals surface area contributed by atoms with Crippen molar-refractivity contribution in [2.45, 2.75) is 46.1 Å². The lowest BCUT2D eigenvalue weighted by molar-refractivity contribution is -0.138. The number of nitrogens with one attached hydrogen (secondary N) is 1. The zero-order valence-electron chi connectivity index (χ0n) is 18.5. The predicted molar refractivity (Wildman–Crippen MR) is 112 cm³/mol. The van der Waals surface area contributed by atoms with Crippen molar-refractivity contribution in [2.75, 3.05) is 27.2 Å². The number of Topliss-reactive ketones (excluding diaryl/α,β-unsaturated/α-hetero) is 1. The van der Waals surface area contributed by atoms with E-state index in [0.717, 1.165) is 0 Å². The van der Waals surface area contributed by atoms with Crippen LogP contribution in [0.15, 0.2) is 30.0 Å². The number of amides is 1. The predicted octanol–water partition coefficient (Wildman–Crippen LogP) is 3.47. The smallest absolute Gasteiger partial charge is 0.407 e. The number of nitrogens with zero attached hydrogens (tertiary/aromatic N) is 1. The summed E-state index contributed by atoms with van der Waals surface area (Å²) in [7, 11) is 3.30. The van der Waals surface area contributed by atoms with E-state index in [0.29, 0.717) is 24.9 Å². The van der Waals surface area contributed by atoms with Crippen molar-refractivity contribution in [3.05, 3.63) is 46.9 Å². The van der Waals surface area contributed by atoms with Crippen LogP contribution in [0.5, 0.6) is 0 Å². The second-order valence-electron chi connectivity index (χ2n) is 7.90. The highest BCUT2D eigenvalue weighted by Crippen LogP contribution is 2.18. The van der Waals surface area contributed by atoms with E-state index in [2.05, 4.69) is 5.32 Å². The lowest BCUT2D eigenvalue weighted by atomic mass is 9.99. The van der Waals surface area contributed by atoms with E-state index in [9.17, 15) is 18.8 Å². The number of hydrogen-bond acceptors (Lipinski definition) is 6. The molecule has 0 aliphatic carbocycles. The van der Waals surface area contributed by atoms with Gasteiger partial charge >= 0.3 is 12.1 Å². The molecule has 7 nitrogen and oxygen atoms in total. The van der Waals surface area contributed by atoms with Crippen molar-refractivity contribution in [1.82, 2.24) is 10.2 Å². The molecule has 0 saturated carbocycles. The SMILES string of the molecule is CCOC(=O)/C(=C\N(C)C)C(=O)c1cc(CCCNC(=O)OC(C)(C)C)ccc1F. The topological polar surface area (TPSA) is 84.9 Å². The standard InChI is InChI=1S/C22H31FN2O5/c1-7-29-20(27)17(14-25(5)6)19(26)16-13-15(10-11-18(16)23)9-8-12-24-21(28)30-22(2,3)4/h10-11,13-14H,7-9,12H2,1-6H3,(H,24,28)/b17-14-. The summed E-state index contributed by atoms with van der Waals surface area (Å²) in [4.78, 5) is 38.1. The van der Waals surface area contributed by atoms with Gasteiger partial charge < -0.3 is 19.7 Å². The molecule has 1 aromatic rings. The Morgan fingerprint density at radius 2 is 1.87 bits per heavy atom. The third-order valence-corrected chi connectivity index (χ3v) is 3.71. The van der Waals surface area contributed by atoms with Crippen LogP contribution in [0.4, 0.5) is 9.18 Å². The Bertz CT molecular complexity index is 797. The highest BCUT2D eigenvalue weighted by Gasteiger charge is 2.24. The normalized spacial score (nSPS) is 11.6. The Morgan fingerprint density at radius 1 is 1.20 bits per heavy atom. The molecule has 0 aliphatic heterocycles. The number of carbonyl (C=O) groups is 3. The van der Waals surface area contributed by atoms with Crippen molar-refractivity contribution < 1.29 is 28.2 Å². The summed E-state index contributed by atoms with van der Waals surface area (Å²) in [6.45, 7) is 7.42. The van der Waals surface area contributed by atoms with Gasteiger partial charge in [0, 0.05) is 26.8 Å². The van der Waals surface area contributed by atoms with Crippen molar-refractivity contribution in [1.29, 1.82) is 0 Å². The van der Waals surface area contributed by atoms with E-state index in [1.165, 1.54) is 23.2 Å². The molecule has 0 saturated heterocycles. The minimum absolute atomic E-state index is 0.101. The van der Waals surface area contributed by atoms with Gasteiger partial charge in [-0.3, -0.25) is 4.79 Å². The van der Waals surface area contributed by atoms with Gasteiger partial charge in [0.2, 0.25) is 5.78 Å². The molecule has 166 valence electrons. The van der Waals surface area contributed by atoms with Crippen LogP contribution in [0, 0.1) is 5.82 Å². The molecule has 1 amide bonds. The number of esters is 1. The van der Waals surface area contributed by atoms with Crippen LogP contribution in [-0.2, 0) is 20.7 Å². The molecule has 0 aromatic heterocycles. The average Bonchev–Trinajstić information content (AvgIpc) is 2.62. The summed E-state index contributed by atoms with van der Waals surface area (Å²) in [5.41, 5.74) is -0.315. The number of ketones is 1. The average molecular weight is 422 g/mol. The van der Waals surface area contributed by atoms with Gasteiger partial charge in [-0.05, 0) is 58.2 Å². The minimum atomic E-state index is -0.803. The molecule has 1 rings (SSSR count). The van der Waals surface area contributed by atoms with Gasteiger partial charge in [0.05, 0.1) is 12.2 Å². The number of rotatable bonds is 9. The van der Waals surface area contributed by atoms with Crippen molar-refractivity contribution in [3.63, 3.8) is 0 Å².